The van der Waals surface area contributed by atoms with Gasteiger partial charge in [0.25, 0.3) is 0 Å². The minimum Gasteiger partial charge on any atom is -0.493 e. The third-order valence-corrected chi connectivity index (χ3v) is 5.10. The maximum Gasteiger partial charge on any atom is 0.223 e. The molecule has 1 aliphatic rings. The maximum atomic E-state index is 12.2. The first-order valence-corrected chi connectivity index (χ1v) is 8.92. The van der Waals surface area contributed by atoms with Crippen molar-refractivity contribution in [2.45, 2.75) is 30.7 Å². The first-order chi connectivity index (χ1) is 11.2. The molecule has 0 saturated carbocycles. The van der Waals surface area contributed by atoms with Gasteiger partial charge in [0.15, 0.2) is 0 Å². The number of thioether (sulfide) groups is 1. The number of ether oxygens (including phenoxy) is 1. The molecule has 0 aliphatic carbocycles. The van der Waals surface area contributed by atoms with Crippen LogP contribution in [0.4, 0.5) is 0 Å². The molecular formula is C19H21NO2S. The highest BCUT2D eigenvalue weighted by molar-refractivity contribution is 7.99. The van der Waals surface area contributed by atoms with Gasteiger partial charge >= 0.3 is 0 Å². The standard InChI is InChI=1S/C19H21NO2S/c1-14-6-2-4-8-17(14)22-12-10-19(21)20-16-11-13-23-18-9-5-3-7-15(16)18/h2-9,16H,10-13H2,1H3,(H,20,21)/t16-/m1/s1. The Morgan fingerprint density at radius 3 is 2.87 bits per heavy atom. The minimum absolute atomic E-state index is 0.0466. The number of hydrogen-bond donors (Lipinski definition) is 1. The van der Waals surface area contributed by atoms with Crippen LogP contribution in [0.15, 0.2) is 53.4 Å². The molecule has 0 unspecified atom stereocenters. The van der Waals surface area contributed by atoms with Gasteiger partial charge in [-0.1, -0.05) is 36.4 Å². The lowest BCUT2D eigenvalue weighted by Gasteiger charge is -2.25. The van der Waals surface area contributed by atoms with Gasteiger partial charge in [-0.15, -0.1) is 11.8 Å². The molecule has 1 N–H and O–H groups in total. The maximum absolute atomic E-state index is 12.2. The number of rotatable bonds is 5. The van der Waals surface area contributed by atoms with Crippen LogP contribution in [0, 0.1) is 6.92 Å². The van der Waals surface area contributed by atoms with Gasteiger partial charge in [-0.05, 0) is 36.6 Å². The van der Waals surface area contributed by atoms with E-state index in [1.54, 1.807) is 0 Å². The molecule has 3 rings (SSSR count). The van der Waals surface area contributed by atoms with Crippen molar-refractivity contribution in [3.63, 3.8) is 0 Å². The second kappa shape index (κ2) is 7.55. The highest BCUT2D eigenvalue weighted by atomic mass is 32.2. The van der Waals surface area contributed by atoms with E-state index < -0.39 is 0 Å². The van der Waals surface area contributed by atoms with E-state index in [0.29, 0.717) is 13.0 Å². The third kappa shape index (κ3) is 4.08. The van der Waals surface area contributed by atoms with Crippen LogP contribution in [-0.2, 0) is 4.79 Å². The van der Waals surface area contributed by atoms with Crippen molar-refractivity contribution in [1.82, 2.24) is 5.32 Å². The zero-order valence-corrected chi connectivity index (χ0v) is 14.1. The molecule has 2 aromatic rings. The van der Waals surface area contributed by atoms with E-state index in [1.807, 2.05) is 55.1 Å². The van der Waals surface area contributed by atoms with Crippen molar-refractivity contribution in [2.75, 3.05) is 12.4 Å². The lowest BCUT2D eigenvalue weighted by Crippen LogP contribution is -2.31. The molecule has 0 bridgehead atoms. The molecule has 1 heterocycles. The molecule has 1 aliphatic heterocycles. The summed E-state index contributed by atoms with van der Waals surface area (Å²) >= 11 is 1.86. The number of nitrogens with one attached hydrogen (secondary N) is 1. The molecule has 0 fully saturated rings. The Hall–Kier alpha value is -1.94. The number of carbonyl (C=O) groups is 1. The first kappa shape index (κ1) is 15.9. The number of amides is 1. The van der Waals surface area contributed by atoms with Crippen LogP contribution >= 0.6 is 11.8 Å². The van der Waals surface area contributed by atoms with Crippen LogP contribution < -0.4 is 10.1 Å². The number of hydrogen-bond acceptors (Lipinski definition) is 3. The van der Waals surface area contributed by atoms with Crippen molar-refractivity contribution in [3.05, 3.63) is 59.7 Å². The summed E-state index contributed by atoms with van der Waals surface area (Å²) in [4.78, 5) is 13.5. The summed E-state index contributed by atoms with van der Waals surface area (Å²) in [5.41, 5.74) is 2.32. The monoisotopic (exact) mass is 327 g/mol. The largest absolute Gasteiger partial charge is 0.493 e. The topological polar surface area (TPSA) is 38.3 Å². The van der Waals surface area contributed by atoms with Crippen LogP contribution in [-0.4, -0.2) is 18.3 Å². The van der Waals surface area contributed by atoms with Crippen LogP contribution in [0.3, 0.4) is 0 Å². The third-order valence-electron chi connectivity index (χ3n) is 3.97. The van der Waals surface area contributed by atoms with Gasteiger partial charge < -0.3 is 10.1 Å². The fourth-order valence-corrected chi connectivity index (χ4v) is 3.86. The average Bonchev–Trinajstić information content (AvgIpc) is 2.57. The van der Waals surface area contributed by atoms with Gasteiger partial charge in [0.05, 0.1) is 19.1 Å². The van der Waals surface area contributed by atoms with Crippen LogP contribution in [0.5, 0.6) is 5.75 Å². The molecule has 120 valence electrons. The van der Waals surface area contributed by atoms with Crippen molar-refractivity contribution < 1.29 is 9.53 Å². The highest BCUT2D eigenvalue weighted by Crippen LogP contribution is 2.35. The number of fused-ring (bicyclic) bond motifs is 1. The van der Waals surface area contributed by atoms with Crippen molar-refractivity contribution >= 4 is 17.7 Å². The summed E-state index contributed by atoms with van der Waals surface area (Å²) in [7, 11) is 0. The SMILES string of the molecule is Cc1ccccc1OCCC(=O)N[C@@H]1CCSc2ccccc21. The van der Waals surface area contributed by atoms with Crippen LogP contribution in [0.25, 0.3) is 0 Å². The molecule has 0 aromatic heterocycles. The number of benzene rings is 2. The van der Waals surface area contributed by atoms with Crippen LogP contribution in [0.2, 0.25) is 0 Å². The van der Waals surface area contributed by atoms with E-state index in [9.17, 15) is 4.79 Å². The number of para-hydroxylation sites is 1. The van der Waals surface area contributed by atoms with E-state index >= 15 is 0 Å². The fourth-order valence-electron chi connectivity index (χ4n) is 2.73. The molecule has 1 amide bonds. The Bertz CT molecular complexity index is 687. The number of aryl methyl sites for hydroxylation is 1. The lowest BCUT2D eigenvalue weighted by atomic mass is 10.0. The van der Waals surface area contributed by atoms with Crippen molar-refractivity contribution in [1.29, 1.82) is 0 Å². The van der Waals surface area contributed by atoms with Gasteiger partial charge in [-0.3, -0.25) is 4.79 Å². The molecule has 3 nitrogen and oxygen atoms in total. The smallest absolute Gasteiger partial charge is 0.223 e. The predicted octanol–water partition coefficient (Wildman–Crippen LogP) is 4.12. The second-order valence-corrected chi connectivity index (χ2v) is 6.80. The Labute approximate surface area is 141 Å². The summed E-state index contributed by atoms with van der Waals surface area (Å²) in [5, 5.41) is 3.14. The molecule has 0 saturated heterocycles. The van der Waals surface area contributed by atoms with Gasteiger partial charge in [0, 0.05) is 10.6 Å². The van der Waals surface area contributed by atoms with E-state index in [-0.39, 0.29) is 11.9 Å². The lowest BCUT2D eigenvalue weighted by molar-refractivity contribution is -0.122. The summed E-state index contributed by atoms with van der Waals surface area (Å²) in [5.74, 6) is 1.94. The molecular weight excluding hydrogens is 306 g/mol. The predicted molar refractivity (Wildman–Crippen MR) is 94.0 cm³/mol. The molecule has 2 aromatic carbocycles. The van der Waals surface area contributed by atoms with Gasteiger partial charge in [0.2, 0.25) is 5.91 Å². The zero-order valence-electron chi connectivity index (χ0n) is 13.2. The molecule has 0 radical (unpaired) electrons. The van der Waals surface area contributed by atoms with Crippen LogP contribution in [0.1, 0.15) is 30.0 Å². The minimum atomic E-state index is 0.0466. The highest BCUT2D eigenvalue weighted by Gasteiger charge is 2.21. The van der Waals surface area contributed by atoms with Crippen molar-refractivity contribution in [2.24, 2.45) is 0 Å². The summed E-state index contributed by atoms with van der Waals surface area (Å²) in [6.45, 7) is 2.41. The Kier molecular flexibility index (Phi) is 5.23. The van der Waals surface area contributed by atoms with E-state index in [1.165, 1.54) is 10.5 Å². The van der Waals surface area contributed by atoms with E-state index in [2.05, 4.69) is 17.4 Å². The van der Waals surface area contributed by atoms with Crippen molar-refractivity contribution in [3.8, 4) is 5.75 Å². The Balaban J connectivity index is 1.52. The normalized spacial score (nSPS) is 16.5. The quantitative estimate of drug-likeness (QED) is 0.898. The molecule has 4 heteroatoms. The second-order valence-electron chi connectivity index (χ2n) is 5.66. The summed E-state index contributed by atoms with van der Waals surface area (Å²) < 4.78 is 5.70. The average molecular weight is 327 g/mol. The zero-order chi connectivity index (χ0) is 16.1. The summed E-state index contributed by atoms with van der Waals surface area (Å²) in [6.07, 6.45) is 1.35. The molecule has 23 heavy (non-hydrogen) atoms. The first-order valence-electron chi connectivity index (χ1n) is 7.93. The van der Waals surface area contributed by atoms with Gasteiger partial charge in [-0.2, -0.15) is 0 Å². The van der Waals surface area contributed by atoms with E-state index in [0.717, 1.165) is 23.5 Å². The number of carbonyl (C=O) groups excluding carboxylic acids is 1. The van der Waals surface area contributed by atoms with Gasteiger partial charge in [-0.25, -0.2) is 0 Å². The van der Waals surface area contributed by atoms with E-state index in [4.69, 9.17) is 4.74 Å². The summed E-state index contributed by atoms with van der Waals surface area (Å²) in [6, 6.07) is 16.3. The Morgan fingerprint density at radius 1 is 1.22 bits per heavy atom. The Morgan fingerprint density at radius 2 is 2.00 bits per heavy atom. The molecule has 0 spiro atoms. The fraction of sp³-hybridized carbons (Fsp3) is 0.316. The van der Waals surface area contributed by atoms with Gasteiger partial charge in [0.1, 0.15) is 5.75 Å². The molecule has 1 atom stereocenters.